The predicted octanol–water partition coefficient (Wildman–Crippen LogP) is 2.72. The zero-order chi connectivity index (χ0) is 25.2. The van der Waals surface area contributed by atoms with Crippen LogP contribution in [0.3, 0.4) is 0 Å². The van der Waals surface area contributed by atoms with Gasteiger partial charge in [-0.15, -0.1) is 11.3 Å². The van der Waals surface area contributed by atoms with Gasteiger partial charge in [0.05, 0.1) is 30.9 Å². The summed E-state index contributed by atoms with van der Waals surface area (Å²) in [5.41, 5.74) is 9.31. The van der Waals surface area contributed by atoms with E-state index >= 15 is 0 Å². The first kappa shape index (κ1) is 26.3. The lowest BCUT2D eigenvalue weighted by Gasteiger charge is -2.16. The molecule has 0 atom stereocenters. The molecule has 10 nitrogen and oxygen atoms in total. The number of nitrogens with one attached hydrogen (secondary N) is 2. The van der Waals surface area contributed by atoms with Crippen molar-refractivity contribution in [1.82, 2.24) is 14.9 Å². The van der Waals surface area contributed by atoms with Crippen LogP contribution in [0.2, 0.25) is 0 Å². The molecule has 11 heteroatoms. The average Bonchev–Trinajstić information content (AvgIpc) is 3.25. The van der Waals surface area contributed by atoms with Crippen molar-refractivity contribution in [3.63, 3.8) is 0 Å². The summed E-state index contributed by atoms with van der Waals surface area (Å²) in [7, 11) is 0. The van der Waals surface area contributed by atoms with Crippen LogP contribution in [0.25, 0.3) is 10.2 Å². The zero-order valence-corrected chi connectivity index (χ0v) is 20.6. The lowest BCUT2D eigenvalue weighted by atomic mass is 9.97. The molecule has 0 bridgehead atoms. The molecule has 0 saturated heterocycles. The van der Waals surface area contributed by atoms with E-state index in [1.165, 1.54) is 34.4 Å². The van der Waals surface area contributed by atoms with Gasteiger partial charge < -0.3 is 36.3 Å². The maximum atomic E-state index is 9.99. The number of ether oxygens (including phenoxy) is 1. The number of nitrogen functional groups attached to an aromatic ring is 1. The fourth-order valence-corrected chi connectivity index (χ4v) is 5.13. The number of nitrogens with zero attached hydrogens (tertiary/aromatic N) is 3. The second-order valence-corrected chi connectivity index (χ2v) is 8.97. The molecule has 188 valence electrons. The van der Waals surface area contributed by atoms with Crippen LogP contribution in [0.1, 0.15) is 35.8 Å². The number of fused-ring (bicyclic) bond motifs is 3. The van der Waals surface area contributed by atoms with Gasteiger partial charge in [0.25, 0.3) is 0 Å². The van der Waals surface area contributed by atoms with E-state index in [-0.39, 0.29) is 13.2 Å². The molecule has 0 spiro atoms. The number of rotatable bonds is 10. The quantitative estimate of drug-likeness (QED) is 0.161. The molecule has 3 aromatic rings. The molecule has 1 aliphatic carbocycles. The van der Waals surface area contributed by atoms with Gasteiger partial charge in [0.1, 0.15) is 22.7 Å². The third-order valence-corrected chi connectivity index (χ3v) is 6.77. The molecule has 1 aliphatic rings. The van der Waals surface area contributed by atoms with Gasteiger partial charge in [0.15, 0.2) is 0 Å². The summed E-state index contributed by atoms with van der Waals surface area (Å²) in [6.07, 6.45) is 8.10. The normalized spacial score (nSPS) is 12.3. The minimum Gasteiger partial charge on any atom is -0.492 e. The van der Waals surface area contributed by atoms with Crippen molar-refractivity contribution in [2.45, 2.75) is 32.6 Å². The van der Waals surface area contributed by atoms with E-state index in [0.29, 0.717) is 43.1 Å². The molecule has 1 aromatic carbocycles. The number of benzene rings is 1. The highest BCUT2D eigenvalue weighted by atomic mass is 32.1. The number of carbonyl (C=O) groups is 1. The minimum absolute atomic E-state index is 0.0568. The van der Waals surface area contributed by atoms with Gasteiger partial charge in [0, 0.05) is 41.5 Å². The fourth-order valence-electron chi connectivity index (χ4n) is 3.90. The second kappa shape index (κ2) is 13.0. The maximum absolute atomic E-state index is 9.99. The van der Waals surface area contributed by atoms with Gasteiger partial charge in [-0.05, 0) is 44.2 Å². The topological polar surface area (TPSA) is 158 Å². The SMILES string of the molecule is CCOc1cc(N)c(C=N)cc1Nc1ncnc2sc3c(c12)CCCC3.O=CN(CCO)CCO. The van der Waals surface area contributed by atoms with Crippen LogP contribution in [0, 0.1) is 5.41 Å². The molecule has 6 N–H and O–H groups in total. The Morgan fingerprint density at radius 2 is 1.97 bits per heavy atom. The number of hydrogen-bond acceptors (Lipinski definition) is 10. The highest BCUT2D eigenvalue weighted by Gasteiger charge is 2.20. The third-order valence-electron chi connectivity index (χ3n) is 5.57. The van der Waals surface area contributed by atoms with Gasteiger partial charge in [0.2, 0.25) is 6.41 Å². The Kier molecular flexibility index (Phi) is 9.76. The monoisotopic (exact) mass is 500 g/mol. The van der Waals surface area contributed by atoms with Crippen LogP contribution < -0.4 is 15.8 Å². The molecule has 4 rings (SSSR count). The van der Waals surface area contributed by atoms with E-state index in [1.54, 1.807) is 23.7 Å². The molecule has 2 aromatic heterocycles. The van der Waals surface area contributed by atoms with Gasteiger partial charge in [-0.3, -0.25) is 4.79 Å². The number of aromatic nitrogens is 2. The van der Waals surface area contributed by atoms with E-state index in [0.717, 1.165) is 34.6 Å². The molecular weight excluding hydrogens is 468 g/mol. The number of amides is 1. The molecule has 2 heterocycles. The lowest BCUT2D eigenvalue weighted by Crippen LogP contribution is -2.28. The highest BCUT2D eigenvalue weighted by Crippen LogP contribution is 2.40. The standard InChI is InChI=1S/C19H21N5OS.C5H11NO3/c1-2-25-15-8-13(21)11(9-20)7-14(15)24-18-17-12-5-3-4-6-16(12)26-19(17)23-10-22-18;7-3-1-6(5-9)2-4-8/h7-10,20H,2-6,21H2,1H3,(H,22,23,24);5,7-8H,1-4H2. The number of thiophene rings is 1. The van der Waals surface area contributed by atoms with E-state index in [9.17, 15) is 4.79 Å². The number of aryl methyl sites for hydroxylation is 2. The number of hydrogen-bond donors (Lipinski definition) is 5. The van der Waals surface area contributed by atoms with Gasteiger partial charge in [-0.2, -0.15) is 0 Å². The van der Waals surface area contributed by atoms with Crippen LogP contribution >= 0.6 is 11.3 Å². The Bertz CT molecular complexity index is 1150. The Morgan fingerprint density at radius 3 is 2.63 bits per heavy atom. The molecule has 0 unspecified atom stereocenters. The highest BCUT2D eigenvalue weighted by molar-refractivity contribution is 7.19. The first-order valence-electron chi connectivity index (χ1n) is 11.6. The molecule has 1 amide bonds. The van der Waals surface area contributed by atoms with E-state index < -0.39 is 0 Å². The first-order chi connectivity index (χ1) is 17.1. The first-order valence-corrected chi connectivity index (χ1v) is 12.4. The van der Waals surface area contributed by atoms with Crippen LogP contribution in [0.15, 0.2) is 18.5 Å². The zero-order valence-electron chi connectivity index (χ0n) is 19.8. The lowest BCUT2D eigenvalue weighted by molar-refractivity contribution is -0.119. The van der Waals surface area contributed by atoms with Crippen LogP contribution in [0.4, 0.5) is 17.2 Å². The summed E-state index contributed by atoms with van der Waals surface area (Å²) in [5.74, 6) is 1.45. The smallest absolute Gasteiger partial charge is 0.209 e. The van der Waals surface area contributed by atoms with Crippen molar-refractivity contribution in [1.29, 1.82) is 5.41 Å². The van der Waals surface area contributed by atoms with E-state index in [1.807, 2.05) is 13.0 Å². The van der Waals surface area contributed by atoms with Gasteiger partial charge in [-0.25, -0.2) is 9.97 Å². The summed E-state index contributed by atoms with van der Waals surface area (Å²) in [4.78, 5) is 22.7. The van der Waals surface area contributed by atoms with Crippen LogP contribution in [-0.4, -0.2) is 70.6 Å². The number of carbonyl (C=O) groups excluding carboxylic acids is 1. The summed E-state index contributed by atoms with van der Waals surface area (Å²) in [6, 6.07) is 3.59. The number of aliphatic hydroxyl groups is 2. The summed E-state index contributed by atoms with van der Waals surface area (Å²) in [5, 5.41) is 28.7. The third kappa shape index (κ3) is 6.44. The Labute approximate surface area is 208 Å². The molecule has 0 saturated carbocycles. The Morgan fingerprint density at radius 1 is 1.23 bits per heavy atom. The Hall–Kier alpha value is -3.28. The van der Waals surface area contributed by atoms with Gasteiger partial charge in [-0.1, -0.05) is 0 Å². The number of nitrogens with two attached hydrogens (primary N) is 1. The summed E-state index contributed by atoms with van der Waals surface area (Å²) >= 11 is 1.77. The molecule has 0 fully saturated rings. The van der Waals surface area contributed by atoms with Crippen LogP contribution in [0.5, 0.6) is 5.75 Å². The Balaban J connectivity index is 0.000000327. The minimum atomic E-state index is -0.0568. The molecular formula is C24H32N6O4S. The summed E-state index contributed by atoms with van der Waals surface area (Å²) < 4.78 is 5.74. The van der Waals surface area contributed by atoms with E-state index in [2.05, 4.69) is 15.3 Å². The molecule has 0 radical (unpaired) electrons. The predicted molar refractivity (Wildman–Crippen MR) is 139 cm³/mol. The average molecular weight is 501 g/mol. The summed E-state index contributed by atoms with van der Waals surface area (Å²) in [6.45, 7) is 2.94. The number of aliphatic hydroxyl groups excluding tert-OH is 2. The largest absolute Gasteiger partial charge is 0.492 e. The van der Waals surface area contributed by atoms with Crippen molar-refractivity contribution in [3.05, 3.63) is 34.5 Å². The van der Waals surface area contributed by atoms with Crippen molar-refractivity contribution in [3.8, 4) is 5.75 Å². The fraction of sp³-hybridized carbons (Fsp3) is 0.417. The number of anilines is 3. The molecule has 0 aliphatic heterocycles. The van der Waals surface area contributed by atoms with Crippen molar-refractivity contribution in [2.24, 2.45) is 0 Å². The van der Waals surface area contributed by atoms with Crippen molar-refractivity contribution in [2.75, 3.05) is 44.0 Å². The van der Waals surface area contributed by atoms with Crippen molar-refractivity contribution < 1.29 is 19.7 Å². The van der Waals surface area contributed by atoms with Gasteiger partial charge >= 0.3 is 0 Å². The van der Waals surface area contributed by atoms with Crippen molar-refractivity contribution >= 4 is 51.4 Å². The van der Waals surface area contributed by atoms with E-state index in [4.69, 9.17) is 26.1 Å². The van der Waals surface area contributed by atoms with Crippen LogP contribution in [-0.2, 0) is 17.6 Å². The second-order valence-electron chi connectivity index (χ2n) is 7.88. The maximum Gasteiger partial charge on any atom is 0.209 e. The molecule has 35 heavy (non-hydrogen) atoms.